The molecule has 2 aliphatic heterocycles. The number of aliphatic hydroxyl groups excluding tert-OH is 2. The first-order valence-corrected chi connectivity index (χ1v) is 23.8. The van der Waals surface area contributed by atoms with Crippen LogP contribution in [0.1, 0.15) is 112 Å². The number of likely N-dealkylation sites (N-methyl/N-ethyl adjacent to an activating group) is 2. The van der Waals surface area contributed by atoms with Crippen molar-refractivity contribution in [3.63, 3.8) is 0 Å². The second-order valence-corrected chi connectivity index (χ2v) is 19.7. The number of rotatable bonds is 18. The first-order chi connectivity index (χ1) is 31.0. The number of ether oxygens (including phenoxy) is 3. The van der Waals surface area contributed by atoms with Gasteiger partial charge in [0, 0.05) is 62.3 Å². The van der Waals surface area contributed by atoms with Crippen LogP contribution in [0.4, 0.5) is 5.69 Å². The van der Waals surface area contributed by atoms with Crippen LogP contribution in [0.25, 0.3) is 0 Å². The Hall–Kier alpha value is -3.91. The lowest BCUT2D eigenvalue weighted by atomic mass is 9.67. The SMILES string of the molecule is CC[C@H]1OC(=O)[C@H](C)C(=O)[C@H](C)[C@@H](O[C@@H]2O[C@H](C)C[C@H](N(C)CCc3cn(CCCCc4ccc([N+](=O)[O-])cc4)nn3)[C@H]2O)[C@](C)(CC)C[C@@H](C)/C(=N\OCCN(C)C)[C@H](C)[C@@H](O)[C@]1(C)O. The van der Waals surface area contributed by atoms with Crippen molar-refractivity contribution in [2.45, 2.75) is 169 Å². The zero-order valence-electron chi connectivity index (χ0n) is 41.5. The molecule has 0 amide bonds. The number of esters is 1. The van der Waals surface area contributed by atoms with Crippen LogP contribution in [-0.2, 0) is 48.0 Å². The van der Waals surface area contributed by atoms with Gasteiger partial charge in [-0.1, -0.05) is 64.0 Å². The molecule has 4 rings (SSSR count). The molecule has 66 heavy (non-hydrogen) atoms. The number of ketones is 1. The van der Waals surface area contributed by atoms with Crippen molar-refractivity contribution < 1.29 is 48.9 Å². The highest BCUT2D eigenvalue weighted by atomic mass is 16.7. The van der Waals surface area contributed by atoms with E-state index in [1.807, 2.05) is 64.6 Å². The van der Waals surface area contributed by atoms with Crippen LogP contribution in [0.2, 0.25) is 0 Å². The number of carbonyl (C=O) groups excluding carboxylic acids is 2. The van der Waals surface area contributed by atoms with Crippen LogP contribution in [0.3, 0.4) is 0 Å². The minimum Gasteiger partial charge on any atom is -0.459 e. The summed E-state index contributed by atoms with van der Waals surface area (Å²) in [7, 11) is 5.80. The van der Waals surface area contributed by atoms with Crippen molar-refractivity contribution in [2.75, 3.05) is 40.8 Å². The van der Waals surface area contributed by atoms with Gasteiger partial charge in [-0.3, -0.25) is 24.4 Å². The van der Waals surface area contributed by atoms with Gasteiger partial charge in [0.2, 0.25) is 0 Å². The Morgan fingerprint density at radius 1 is 1.00 bits per heavy atom. The van der Waals surface area contributed by atoms with Gasteiger partial charge in [0.1, 0.15) is 30.3 Å². The minimum atomic E-state index is -1.89. The number of cyclic esters (lactones) is 1. The van der Waals surface area contributed by atoms with E-state index in [-0.39, 0.29) is 36.8 Å². The van der Waals surface area contributed by atoms with Gasteiger partial charge in [-0.25, -0.2) is 0 Å². The molecular weight excluding hydrogens is 851 g/mol. The molecular formula is C48H79N7O11. The van der Waals surface area contributed by atoms with E-state index in [0.717, 1.165) is 30.5 Å². The monoisotopic (exact) mass is 930 g/mol. The molecule has 2 saturated heterocycles. The van der Waals surface area contributed by atoms with E-state index in [2.05, 4.69) is 20.4 Å². The molecule has 1 aromatic heterocycles. The Labute approximate surface area is 391 Å². The lowest BCUT2D eigenvalue weighted by Gasteiger charge is -2.48. The normalized spacial score (nSPS) is 33.5. The van der Waals surface area contributed by atoms with Crippen LogP contribution in [0, 0.1) is 39.2 Å². The Bertz CT molecular complexity index is 1890. The van der Waals surface area contributed by atoms with E-state index < -0.39 is 76.2 Å². The lowest BCUT2D eigenvalue weighted by molar-refractivity contribution is -0.384. The van der Waals surface area contributed by atoms with Gasteiger partial charge in [0.25, 0.3) is 5.69 Å². The molecule has 18 heteroatoms. The maximum absolute atomic E-state index is 14.4. The second-order valence-electron chi connectivity index (χ2n) is 19.7. The topological polar surface area (TPSA) is 224 Å². The number of benzene rings is 1. The number of unbranched alkanes of at least 4 members (excludes halogenated alkanes) is 1. The Kier molecular flexibility index (Phi) is 20.2. The molecule has 2 aliphatic rings. The number of hydrogen-bond acceptors (Lipinski definition) is 16. The maximum atomic E-state index is 14.4. The molecule has 3 N–H and O–H groups in total. The summed E-state index contributed by atoms with van der Waals surface area (Å²) in [5.41, 5.74) is -0.209. The fourth-order valence-electron chi connectivity index (χ4n) is 9.62. The van der Waals surface area contributed by atoms with Gasteiger partial charge in [-0.15, -0.1) is 5.10 Å². The van der Waals surface area contributed by atoms with E-state index in [1.54, 1.807) is 32.9 Å². The van der Waals surface area contributed by atoms with Crippen molar-refractivity contribution >= 4 is 23.2 Å². The van der Waals surface area contributed by atoms with Crippen molar-refractivity contribution in [3.8, 4) is 0 Å². The number of non-ortho nitro benzene ring substituents is 1. The summed E-state index contributed by atoms with van der Waals surface area (Å²) in [5.74, 6) is -4.38. The molecule has 0 radical (unpaired) electrons. The summed E-state index contributed by atoms with van der Waals surface area (Å²) in [6.07, 6.45) is 0.823. The molecule has 372 valence electrons. The Morgan fingerprint density at radius 2 is 1.68 bits per heavy atom. The lowest BCUT2D eigenvalue weighted by Crippen LogP contribution is -2.58. The zero-order chi connectivity index (χ0) is 49.1. The number of aliphatic hydroxyl groups is 3. The van der Waals surface area contributed by atoms with E-state index in [4.69, 9.17) is 19.0 Å². The highest BCUT2D eigenvalue weighted by Gasteiger charge is 2.51. The van der Waals surface area contributed by atoms with E-state index >= 15 is 0 Å². The Balaban J connectivity index is 1.54. The number of nitro groups is 1. The third-order valence-corrected chi connectivity index (χ3v) is 14.1. The Morgan fingerprint density at radius 3 is 2.30 bits per heavy atom. The summed E-state index contributed by atoms with van der Waals surface area (Å²) in [5, 5.41) is 60.0. The molecule has 3 heterocycles. The second kappa shape index (κ2) is 24.4. The number of aryl methyl sites for hydroxylation is 2. The predicted octanol–water partition coefficient (Wildman–Crippen LogP) is 5.23. The largest absolute Gasteiger partial charge is 0.459 e. The van der Waals surface area contributed by atoms with Crippen molar-refractivity contribution in [3.05, 3.63) is 51.8 Å². The minimum absolute atomic E-state index is 0.0810. The van der Waals surface area contributed by atoms with Gasteiger partial charge in [-0.05, 0) is 104 Å². The standard InChI is InChI=1S/C48H79N7O11/c1-13-39-48(9,60)43(58)32(5)40(50-63-26-25-52(10)11)30(3)28-47(8,14-2)44(33(6)41(56)34(7)45(59)65-39)66-46-42(57)38(27-31(4)64-46)53(12)24-22-36-29-54(51-49-36)23-16-15-17-35-18-20-37(21-19-35)55(61)62/h18-21,29-34,38-39,42-44,46,57-58,60H,13-17,22-28H2,1-12H3/b50-40+/t30-,31-,32+,33+,34-,38+,39-,42-,43-,44-,46+,47-,48-/m1/s1. The smallest absolute Gasteiger partial charge is 0.316 e. The molecule has 0 saturated carbocycles. The molecule has 0 aliphatic carbocycles. The average molecular weight is 930 g/mol. The van der Waals surface area contributed by atoms with E-state index in [0.29, 0.717) is 51.0 Å². The first-order valence-electron chi connectivity index (χ1n) is 23.8. The van der Waals surface area contributed by atoms with Crippen LogP contribution >= 0.6 is 0 Å². The number of nitrogens with zero attached hydrogens (tertiary/aromatic N) is 7. The van der Waals surface area contributed by atoms with Crippen molar-refractivity contribution in [1.82, 2.24) is 24.8 Å². The van der Waals surface area contributed by atoms with Gasteiger partial charge in [0.05, 0.1) is 34.6 Å². The highest BCUT2D eigenvalue weighted by Crippen LogP contribution is 2.43. The van der Waals surface area contributed by atoms with E-state index in [9.17, 15) is 35.0 Å². The number of aromatic nitrogens is 3. The molecule has 0 spiro atoms. The predicted molar refractivity (Wildman–Crippen MR) is 249 cm³/mol. The van der Waals surface area contributed by atoms with Crippen LogP contribution in [0.5, 0.6) is 0 Å². The molecule has 18 nitrogen and oxygen atoms in total. The van der Waals surface area contributed by atoms with Gasteiger partial charge >= 0.3 is 5.97 Å². The third kappa shape index (κ3) is 14.1. The van der Waals surface area contributed by atoms with Gasteiger partial charge in [-0.2, -0.15) is 0 Å². The number of hydrogen-bond donors (Lipinski definition) is 3. The number of nitro benzene ring substituents is 1. The fourth-order valence-corrected chi connectivity index (χ4v) is 9.62. The van der Waals surface area contributed by atoms with Gasteiger partial charge < -0.3 is 44.2 Å². The molecule has 1 aromatic carbocycles. The fraction of sp³-hybridized carbons (Fsp3) is 0.771. The van der Waals surface area contributed by atoms with Crippen LogP contribution in [0.15, 0.2) is 35.6 Å². The zero-order valence-corrected chi connectivity index (χ0v) is 41.5. The first kappa shape index (κ1) is 54.7. The average Bonchev–Trinajstić information content (AvgIpc) is 3.74. The summed E-state index contributed by atoms with van der Waals surface area (Å²) in [4.78, 5) is 48.6. The maximum Gasteiger partial charge on any atom is 0.316 e. The molecule has 13 atom stereocenters. The molecule has 2 aromatic rings. The molecule has 0 unspecified atom stereocenters. The summed E-state index contributed by atoms with van der Waals surface area (Å²) in [6, 6.07) is 6.27. The summed E-state index contributed by atoms with van der Waals surface area (Å²) in [6.45, 7) is 18.3. The molecule has 0 bridgehead atoms. The number of Topliss-reactive ketones (excluding diaryl/α,β-unsaturated/α-hetero) is 1. The van der Waals surface area contributed by atoms with Crippen molar-refractivity contribution in [2.24, 2.45) is 34.2 Å². The number of carbonyl (C=O) groups is 2. The summed E-state index contributed by atoms with van der Waals surface area (Å²) < 4.78 is 21.0. The van der Waals surface area contributed by atoms with Crippen LogP contribution < -0.4 is 0 Å². The summed E-state index contributed by atoms with van der Waals surface area (Å²) >= 11 is 0. The quantitative estimate of drug-likeness (QED) is 0.0572. The van der Waals surface area contributed by atoms with E-state index in [1.165, 1.54) is 26.0 Å². The van der Waals surface area contributed by atoms with Gasteiger partial charge in [0.15, 0.2) is 12.1 Å². The number of oxime groups is 1. The third-order valence-electron chi connectivity index (χ3n) is 14.1. The van der Waals surface area contributed by atoms with Crippen LogP contribution in [-0.4, -0.2) is 152 Å². The highest BCUT2D eigenvalue weighted by molar-refractivity contribution is 6.00. The molecule has 2 fully saturated rings. The van der Waals surface area contributed by atoms with Crippen molar-refractivity contribution in [1.29, 1.82) is 0 Å².